The Bertz CT molecular complexity index is 784. The van der Waals surface area contributed by atoms with Crippen molar-refractivity contribution in [3.8, 4) is 0 Å². The molecule has 3 rings (SSSR count). The van der Waals surface area contributed by atoms with E-state index in [1.807, 2.05) is 12.1 Å². The minimum Gasteiger partial charge on any atom is -0.465 e. The smallest absolute Gasteiger partial charge is 0.340 e. The molecule has 2 heterocycles. The average molecular weight is 357 g/mol. The van der Waals surface area contributed by atoms with Crippen LogP contribution in [0.25, 0.3) is 11.1 Å². The van der Waals surface area contributed by atoms with Crippen LogP contribution in [0.1, 0.15) is 30.6 Å². The van der Waals surface area contributed by atoms with Gasteiger partial charge in [0.2, 0.25) is 0 Å². The number of piperazine rings is 1. The Hall–Kier alpha value is -2.34. The first-order chi connectivity index (χ1) is 12.5. The molecule has 1 aliphatic heterocycles. The molecule has 0 radical (unpaired) electrons. The van der Waals surface area contributed by atoms with Gasteiger partial charge in [0.25, 0.3) is 6.01 Å². The van der Waals surface area contributed by atoms with Crippen molar-refractivity contribution < 1.29 is 13.9 Å². The van der Waals surface area contributed by atoms with Crippen LogP contribution in [0.2, 0.25) is 0 Å². The Kier molecular flexibility index (Phi) is 5.61. The van der Waals surface area contributed by atoms with Gasteiger partial charge in [-0.2, -0.15) is 4.98 Å². The predicted molar refractivity (Wildman–Crippen MR) is 103 cm³/mol. The van der Waals surface area contributed by atoms with Gasteiger partial charge in [-0.1, -0.05) is 26.0 Å². The molecule has 0 bridgehead atoms. The summed E-state index contributed by atoms with van der Waals surface area (Å²) in [6, 6.07) is 6.24. The number of hydrogen-bond donors (Lipinski definition) is 0. The number of fused-ring (bicyclic) bond motifs is 1. The SMILES string of the molecule is C=CCN1CCN(c2nc3c(C(=O)OC)cccc3o2)[C@@H](CC(C)C)C1. The van der Waals surface area contributed by atoms with E-state index in [4.69, 9.17) is 9.15 Å². The lowest BCUT2D eigenvalue weighted by Crippen LogP contribution is -2.53. The number of nitrogens with zero attached hydrogens (tertiary/aromatic N) is 3. The minimum atomic E-state index is -0.398. The van der Waals surface area contributed by atoms with Crippen LogP contribution < -0.4 is 4.90 Å². The molecule has 0 unspecified atom stereocenters. The fraction of sp³-hybridized carbons (Fsp3) is 0.500. The van der Waals surface area contributed by atoms with Gasteiger partial charge in [0.05, 0.1) is 12.7 Å². The highest BCUT2D eigenvalue weighted by Crippen LogP contribution is 2.29. The summed E-state index contributed by atoms with van der Waals surface area (Å²) in [5.41, 5.74) is 1.61. The molecule has 2 aromatic rings. The van der Waals surface area contributed by atoms with Crippen molar-refractivity contribution in [2.24, 2.45) is 5.92 Å². The second-order valence-corrected chi connectivity index (χ2v) is 7.17. The van der Waals surface area contributed by atoms with Gasteiger partial charge < -0.3 is 14.1 Å². The monoisotopic (exact) mass is 357 g/mol. The average Bonchev–Trinajstić information content (AvgIpc) is 3.05. The number of carbonyl (C=O) groups is 1. The maximum Gasteiger partial charge on any atom is 0.340 e. The van der Waals surface area contributed by atoms with Crippen LogP contribution >= 0.6 is 0 Å². The van der Waals surface area contributed by atoms with Crippen molar-refractivity contribution in [2.45, 2.75) is 26.3 Å². The van der Waals surface area contributed by atoms with E-state index >= 15 is 0 Å². The van der Waals surface area contributed by atoms with E-state index in [0.717, 1.165) is 32.6 Å². The van der Waals surface area contributed by atoms with Gasteiger partial charge in [-0.05, 0) is 24.5 Å². The Morgan fingerprint density at radius 3 is 2.96 bits per heavy atom. The predicted octanol–water partition coefficient (Wildman–Crippen LogP) is 3.34. The Morgan fingerprint density at radius 2 is 2.27 bits per heavy atom. The summed E-state index contributed by atoms with van der Waals surface area (Å²) >= 11 is 0. The molecule has 0 aliphatic carbocycles. The highest BCUT2D eigenvalue weighted by molar-refractivity contribution is 6.01. The number of oxazole rings is 1. The standard InChI is InChI=1S/C20H27N3O3/c1-5-9-22-10-11-23(15(13-22)12-14(2)3)20-21-18-16(19(24)25-4)7-6-8-17(18)26-20/h5-8,14-15H,1,9-13H2,2-4H3/t15-/m0/s1. The lowest BCUT2D eigenvalue weighted by molar-refractivity contribution is 0.0602. The second kappa shape index (κ2) is 7.91. The molecule has 0 spiro atoms. The number of carbonyl (C=O) groups excluding carboxylic acids is 1. The number of benzene rings is 1. The number of aromatic nitrogens is 1. The van der Waals surface area contributed by atoms with E-state index in [9.17, 15) is 4.79 Å². The van der Waals surface area contributed by atoms with E-state index in [2.05, 4.69) is 35.2 Å². The fourth-order valence-electron chi connectivity index (χ4n) is 3.60. The van der Waals surface area contributed by atoms with Crippen LogP contribution in [-0.2, 0) is 4.74 Å². The number of ether oxygens (including phenoxy) is 1. The Balaban J connectivity index is 1.93. The zero-order valence-electron chi connectivity index (χ0n) is 15.8. The highest BCUT2D eigenvalue weighted by atomic mass is 16.5. The van der Waals surface area contributed by atoms with Crippen molar-refractivity contribution in [1.29, 1.82) is 0 Å². The van der Waals surface area contributed by atoms with E-state index in [0.29, 0.717) is 34.6 Å². The maximum absolute atomic E-state index is 12.0. The van der Waals surface area contributed by atoms with Crippen molar-refractivity contribution in [2.75, 3.05) is 38.2 Å². The molecule has 1 aliphatic rings. The zero-order valence-corrected chi connectivity index (χ0v) is 15.8. The summed E-state index contributed by atoms with van der Waals surface area (Å²) in [4.78, 5) is 21.3. The van der Waals surface area contributed by atoms with E-state index < -0.39 is 5.97 Å². The molecule has 1 aromatic heterocycles. The summed E-state index contributed by atoms with van der Waals surface area (Å²) in [7, 11) is 1.37. The molecule has 6 heteroatoms. The van der Waals surface area contributed by atoms with E-state index in [-0.39, 0.29) is 0 Å². The molecule has 1 saturated heterocycles. The van der Waals surface area contributed by atoms with Crippen molar-refractivity contribution in [3.63, 3.8) is 0 Å². The van der Waals surface area contributed by atoms with Gasteiger partial charge in [-0.3, -0.25) is 4.90 Å². The number of para-hydroxylation sites is 1. The van der Waals surface area contributed by atoms with Crippen LogP contribution in [0.15, 0.2) is 35.3 Å². The van der Waals surface area contributed by atoms with Gasteiger partial charge >= 0.3 is 5.97 Å². The van der Waals surface area contributed by atoms with Gasteiger partial charge in [0.15, 0.2) is 5.58 Å². The molecule has 1 aromatic carbocycles. The van der Waals surface area contributed by atoms with Crippen LogP contribution in [0, 0.1) is 5.92 Å². The quantitative estimate of drug-likeness (QED) is 0.584. The summed E-state index contributed by atoms with van der Waals surface area (Å²) in [5.74, 6) is 0.172. The minimum absolute atomic E-state index is 0.318. The molecule has 0 N–H and O–H groups in total. The Labute approximate surface area is 154 Å². The van der Waals surface area contributed by atoms with Crippen LogP contribution in [0.3, 0.4) is 0 Å². The topological polar surface area (TPSA) is 58.8 Å². The van der Waals surface area contributed by atoms with Crippen LogP contribution in [-0.4, -0.2) is 55.2 Å². The molecule has 0 amide bonds. The third kappa shape index (κ3) is 3.75. The van der Waals surface area contributed by atoms with E-state index in [1.54, 1.807) is 12.1 Å². The number of esters is 1. The maximum atomic E-state index is 12.0. The molecule has 140 valence electrons. The molecule has 1 fully saturated rings. The molecular formula is C20H27N3O3. The first-order valence-electron chi connectivity index (χ1n) is 9.11. The fourth-order valence-corrected chi connectivity index (χ4v) is 3.60. The first kappa shape index (κ1) is 18.5. The molecule has 0 saturated carbocycles. The van der Waals surface area contributed by atoms with E-state index in [1.165, 1.54) is 7.11 Å². The van der Waals surface area contributed by atoms with Gasteiger partial charge in [-0.25, -0.2) is 4.79 Å². The number of rotatable bonds is 6. The number of methoxy groups -OCH3 is 1. The summed E-state index contributed by atoms with van der Waals surface area (Å²) in [5, 5.41) is 0. The van der Waals surface area contributed by atoms with Gasteiger partial charge in [0, 0.05) is 32.2 Å². The number of anilines is 1. The Morgan fingerprint density at radius 1 is 1.46 bits per heavy atom. The molecule has 1 atom stereocenters. The third-order valence-electron chi connectivity index (χ3n) is 4.76. The first-order valence-corrected chi connectivity index (χ1v) is 9.11. The van der Waals surface area contributed by atoms with Gasteiger partial charge in [0.1, 0.15) is 5.52 Å². The lowest BCUT2D eigenvalue weighted by atomic mass is 10.0. The van der Waals surface area contributed by atoms with Crippen molar-refractivity contribution in [1.82, 2.24) is 9.88 Å². The molecular weight excluding hydrogens is 330 g/mol. The highest BCUT2D eigenvalue weighted by Gasteiger charge is 2.30. The normalized spacial score (nSPS) is 18.5. The largest absolute Gasteiger partial charge is 0.465 e. The summed E-state index contributed by atoms with van der Waals surface area (Å²) in [6.45, 7) is 11.9. The van der Waals surface area contributed by atoms with Crippen molar-refractivity contribution >= 4 is 23.1 Å². The van der Waals surface area contributed by atoms with Crippen LogP contribution in [0.4, 0.5) is 6.01 Å². The third-order valence-corrected chi connectivity index (χ3v) is 4.76. The molecule has 26 heavy (non-hydrogen) atoms. The second-order valence-electron chi connectivity index (χ2n) is 7.17. The zero-order chi connectivity index (χ0) is 18.7. The van der Waals surface area contributed by atoms with Crippen molar-refractivity contribution in [3.05, 3.63) is 36.4 Å². The summed E-state index contributed by atoms with van der Waals surface area (Å²) < 4.78 is 10.9. The molecule has 6 nitrogen and oxygen atoms in total. The van der Waals surface area contributed by atoms with Crippen LogP contribution in [0.5, 0.6) is 0 Å². The lowest BCUT2D eigenvalue weighted by Gasteiger charge is -2.41. The number of hydrogen-bond acceptors (Lipinski definition) is 6. The van der Waals surface area contributed by atoms with Gasteiger partial charge in [-0.15, -0.1) is 6.58 Å². The summed E-state index contributed by atoms with van der Waals surface area (Å²) in [6.07, 6.45) is 3.00.